The third kappa shape index (κ3) is 4.93. The van der Waals surface area contributed by atoms with Crippen molar-refractivity contribution >= 4 is 11.7 Å². The molecule has 116 valence electrons. The molecule has 0 atom stereocenters. The van der Waals surface area contributed by atoms with Gasteiger partial charge in [0, 0.05) is 52.0 Å². The molecule has 1 saturated heterocycles. The number of nitrogens with zero attached hydrogens (tertiary/aromatic N) is 2. The van der Waals surface area contributed by atoms with Gasteiger partial charge in [-0.25, -0.2) is 4.79 Å². The Bertz CT molecular complexity index is 427. The SMILES string of the molecule is CN(C)C(=O)NCCNC1CCN(c2ccccc2)CC1. The number of carbonyl (C=O) groups excluding carboxylic acids is 1. The first-order valence-electron chi connectivity index (χ1n) is 7.65. The monoisotopic (exact) mass is 290 g/mol. The van der Waals surface area contributed by atoms with Crippen LogP contribution in [0.4, 0.5) is 10.5 Å². The molecule has 2 amide bonds. The molecule has 0 aromatic heterocycles. The minimum Gasteiger partial charge on any atom is -0.371 e. The van der Waals surface area contributed by atoms with Gasteiger partial charge >= 0.3 is 6.03 Å². The van der Waals surface area contributed by atoms with Crippen LogP contribution in [0.15, 0.2) is 30.3 Å². The number of nitrogens with one attached hydrogen (secondary N) is 2. The lowest BCUT2D eigenvalue weighted by molar-refractivity contribution is 0.217. The zero-order valence-corrected chi connectivity index (χ0v) is 13.0. The molecule has 1 aliphatic rings. The number of hydrogen-bond acceptors (Lipinski definition) is 3. The van der Waals surface area contributed by atoms with Gasteiger partial charge in [0.2, 0.25) is 0 Å². The fourth-order valence-electron chi connectivity index (χ4n) is 2.58. The number of amides is 2. The molecule has 21 heavy (non-hydrogen) atoms. The summed E-state index contributed by atoms with van der Waals surface area (Å²) < 4.78 is 0. The van der Waals surface area contributed by atoms with Gasteiger partial charge < -0.3 is 20.4 Å². The molecule has 1 heterocycles. The van der Waals surface area contributed by atoms with Gasteiger partial charge in [-0.2, -0.15) is 0 Å². The van der Waals surface area contributed by atoms with E-state index in [4.69, 9.17) is 0 Å². The Morgan fingerprint density at radius 3 is 2.48 bits per heavy atom. The highest BCUT2D eigenvalue weighted by Gasteiger charge is 2.18. The molecule has 1 aromatic rings. The van der Waals surface area contributed by atoms with E-state index in [0.29, 0.717) is 12.6 Å². The van der Waals surface area contributed by atoms with Gasteiger partial charge in [-0.1, -0.05) is 18.2 Å². The Morgan fingerprint density at radius 2 is 1.86 bits per heavy atom. The summed E-state index contributed by atoms with van der Waals surface area (Å²) in [7, 11) is 3.50. The van der Waals surface area contributed by atoms with E-state index < -0.39 is 0 Å². The average Bonchev–Trinajstić information content (AvgIpc) is 2.52. The lowest BCUT2D eigenvalue weighted by Crippen LogP contribution is -2.45. The van der Waals surface area contributed by atoms with Crippen LogP contribution in [0.2, 0.25) is 0 Å². The topological polar surface area (TPSA) is 47.6 Å². The number of urea groups is 1. The fraction of sp³-hybridized carbons (Fsp3) is 0.562. The van der Waals surface area contributed by atoms with Crippen molar-refractivity contribution in [1.29, 1.82) is 0 Å². The maximum Gasteiger partial charge on any atom is 0.316 e. The van der Waals surface area contributed by atoms with Crippen LogP contribution in [0, 0.1) is 0 Å². The highest BCUT2D eigenvalue weighted by Crippen LogP contribution is 2.19. The second kappa shape index (κ2) is 7.88. The van der Waals surface area contributed by atoms with Crippen molar-refractivity contribution in [3.05, 3.63) is 30.3 Å². The normalized spacial score (nSPS) is 15.8. The molecule has 1 aliphatic heterocycles. The number of carbonyl (C=O) groups is 1. The van der Waals surface area contributed by atoms with E-state index in [-0.39, 0.29) is 6.03 Å². The van der Waals surface area contributed by atoms with E-state index in [0.717, 1.165) is 32.5 Å². The van der Waals surface area contributed by atoms with Crippen LogP contribution in [0.25, 0.3) is 0 Å². The molecule has 0 spiro atoms. The van der Waals surface area contributed by atoms with Crippen LogP contribution in [0.3, 0.4) is 0 Å². The fourth-order valence-corrected chi connectivity index (χ4v) is 2.58. The lowest BCUT2D eigenvalue weighted by atomic mass is 10.0. The summed E-state index contributed by atoms with van der Waals surface area (Å²) in [5.74, 6) is 0. The van der Waals surface area contributed by atoms with Crippen LogP contribution < -0.4 is 15.5 Å². The Kier molecular flexibility index (Phi) is 5.87. The number of benzene rings is 1. The standard InChI is InChI=1S/C16H26N4O/c1-19(2)16(21)18-11-10-17-14-8-12-20(13-9-14)15-6-4-3-5-7-15/h3-7,14,17H,8-13H2,1-2H3,(H,18,21). The molecule has 1 aromatic carbocycles. The first-order chi connectivity index (χ1) is 10.2. The summed E-state index contributed by atoms with van der Waals surface area (Å²) in [6, 6.07) is 11.1. The Morgan fingerprint density at radius 1 is 1.19 bits per heavy atom. The van der Waals surface area contributed by atoms with Crippen molar-refractivity contribution in [3.63, 3.8) is 0 Å². The van der Waals surface area contributed by atoms with E-state index in [9.17, 15) is 4.79 Å². The summed E-state index contributed by atoms with van der Waals surface area (Å²) >= 11 is 0. The van der Waals surface area contributed by atoms with Crippen LogP contribution >= 0.6 is 0 Å². The van der Waals surface area contributed by atoms with Crippen LogP contribution in [-0.4, -0.2) is 57.2 Å². The predicted octanol–water partition coefficient (Wildman–Crippen LogP) is 1.52. The Hall–Kier alpha value is -1.75. The van der Waals surface area contributed by atoms with Crippen LogP contribution in [0.5, 0.6) is 0 Å². The number of hydrogen-bond donors (Lipinski definition) is 2. The van der Waals surface area contributed by atoms with Gasteiger partial charge in [-0.3, -0.25) is 0 Å². The highest BCUT2D eigenvalue weighted by molar-refractivity contribution is 5.73. The summed E-state index contributed by atoms with van der Waals surface area (Å²) in [5, 5.41) is 6.40. The van der Waals surface area contributed by atoms with Crippen LogP contribution in [-0.2, 0) is 0 Å². The van der Waals surface area contributed by atoms with Crippen molar-refractivity contribution in [2.75, 3.05) is 45.2 Å². The average molecular weight is 290 g/mol. The molecule has 0 aliphatic carbocycles. The third-order valence-electron chi connectivity index (χ3n) is 3.86. The molecule has 0 radical (unpaired) electrons. The van der Waals surface area contributed by atoms with Crippen molar-refractivity contribution in [1.82, 2.24) is 15.5 Å². The van der Waals surface area contributed by atoms with E-state index in [1.54, 1.807) is 19.0 Å². The predicted molar refractivity (Wildman–Crippen MR) is 86.8 cm³/mol. The van der Waals surface area contributed by atoms with Gasteiger partial charge in [0.25, 0.3) is 0 Å². The second-order valence-electron chi connectivity index (χ2n) is 5.68. The molecular weight excluding hydrogens is 264 g/mol. The number of rotatable bonds is 5. The van der Waals surface area contributed by atoms with Gasteiger partial charge in [0.15, 0.2) is 0 Å². The first-order valence-corrected chi connectivity index (χ1v) is 7.65. The summed E-state index contributed by atoms with van der Waals surface area (Å²) in [6.07, 6.45) is 2.30. The molecule has 2 N–H and O–H groups in total. The molecule has 1 fully saturated rings. The quantitative estimate of drug-likeness (QED) is 0.808. The van der Waals surface area contributed by atoms with Crippen molar-refractivity contribution in [3.8, 4) is 0 Å². The molecule has 5 nitrogen and oxygen atoms in total. The molecule has 5 heteroatoms. The molecular formula is C16H26N4O. The maximum atomic E-state index is 11.4. The Balaban J connectivity index is 1.62. The Labute approximate surface area is 127 Å². The highest BCUT2D eigenvalue weighted by atomic mass is 16.2. The minimum atomic E-state index is -0.0318. The van der Waals surface area contributed by atoms with E-state index >= 15 is 0 Å². The van der Waals surface area contributed by atoms with Crippen molar-refractivity contribution < 1.29 is 4.79 Å². The maximum absolute atomic E-state index is 11.4. The largest absolute Gasteiger partial charge is 0.371 e. The first kappa shape index (κ1) is 15.6. The number of piperidine rings is 1. The summed E-state index contributed by atoms with van der Waals surface area (Å²) in [6.45, 7) is 3.68. The molecule has 0 unspecified atom stereocenters. The smallest absolute Gasteiger partial charge is 0.316 e. The minimum absolute atomic E-state index is 0.0318. The lowest BCUT2D eigenvalue weighted by Gasteiger charge is -2.34. The zero-order valence-electron chi connectivity index (χ0n) is 13.0. The summed E-state index contributed by atoms with van der Waals surface area (Å²) in [5.41, 5.74) is 1.31. The zero-order chi connectivity index (χ0) is 15.1. The molecule has 0 bridgehead atoms. The number of para-hydroxylation sites is 1. The van der Waals surface area contributed by atoms with E-state index in [1.807, 2.05) is 0 Å². The van der Waals surface area contributed by atoms with Crippen molar-refractivity contribution in [2.45, 2.75) is 18.9 Å². The van der Waals surface area contributed by atoms with Gasteiger partial charge in [0.05, 0.1) is 0 Å². The van der Waals surface area contributed by atoms with Crippen LogP contribution in [0.1, 0.15) is 12.8 Å². The van der Waals surface area contributed by atoms with E-state index in [2.05, 4.69) is 45.9 Å². The second-order valence-corrected chi connectivity index (χ2v) is 5.68. The molecule has 2 rings (SSSR count). The summed E-state index contributed by atoms with van der Waals surface area (Å²) in [4.78, 5) is 15.4. The number of anilines is 1. The third-order valence-corrected chi connectivity index (χ3v) is 3.86. The van der Waals surface area contributed by atoms with Gasteiger partial charge in [-0.15, -0.1) is 0 Å². The van der Waals surface area contributed by atoms with Gasteiger partial charge in [0.1, 0.15) is 0 Å². The van der Waals surface area contributed by atoms with Crippen molar-refractivity contribution in [2.24, 2.45) is 0 Å². The molecule has 0 saturated carbocycles. The van der Waals surface area contributed by atoms with E-state index in [1.165, 1.54) is 5.69 Å². The van der Waals surface area contributed by atoms with Gasteiger partial charge in [-0.05, 0) is 25.0 Å².